The molecule has 2 aliphatic rings. The highest BCUT2D eigenvalue weighted by Crippen LogP contribution is 2.30. The van der Waals surface area contributed by atoms with E-state index >= 15 is 0 Å². The summed E-state index contributed by atoms with van der Waals surface area (Å²) in [5, 5.41) is 9.21. The second-order valence-electron chi connectivity index (χ2n) is 4.45. The van der Waals surface area contributed by atoms with Crippen molar-refractivity contribution in [3.63, 3.8) is 0 Å². The number of nitrogens with zero attached hydrogens (tertiary/aromatic N) is 1. The summed E-state index contributed by atoms with van der Waals surface area (Å²) in [4.78, 5) is 13.3. The predicted molar refractivity (Wildman–Crippen MR) is 57.4 cm³/mol. The van der Waals surface area contributed by atoms with Gasteiger partial charge in [0.25, 0.3) is 0 Å². The number of carboxylic acid groups (broad SMARTS) is 1. The Labute approximate surface area is 95.3 Å². The molecule has 0 bridgehead atoms. The van der Waals surface area contributed by atoms with E-state index in [-0.39, 0.29) is 18.8 Å². The molecule has 1 saturated carbocycles. The second-order valence-corrected chi connectivity index (χ2v) is 4.45. The number of morpholine rings is 1. The van der Waals surface area contributed by atoms with Crippen LogP contribution in [0.5, 0.6) is 0 Å². The molecule has 1 saturated heterocycles. The summed E-state index contributed by atoms with van der Waals surface area (Å²) >= 11 is 0. The van der Waals surface area contributed by atoms with E-state index in [1.807, 2.05) is 4.90 Å². The van der Waals surface area contributed by atoms with Crippen molar-refractivity contribution in [2.45, 2.75) is 37.5 Å². The van der Waals surface area contributed by atoms with Crippen molar-refractivity contribution in [3.05, 3.63) is 0 Å². The van der Waals surface area contributed by atoms with Gasteiger partial charge < -0.3 is 14.6 Å². The van der Waals surface area contributed by atoms with Gasteiger partial charge >= 0.3 is 5.97 Å². The molecular weight excluding hydrogens is 210 g/mol. The van der Waals surface area contributed by atoms with Gasteiger partial charge in [-0.1, -0.05) is 0 Å². The standard InChI is InChI=1S/C11H19NO4/c1-15-7-9(11(13)14)12-5-6-16-10-4-2-3-8(10)12/h8-10H,2-7H2,1H3,(H,13,14). The Morgan fingerprint density at radius 1 is 1.62 bits per heavy atom. The first-order valence-corrected chi connectivity index (χ1v) is 5.83. The number of hydrogen-bond donors (Lipinski definition) is 1. The smallest absolute Gasteiger partial charge is 0.323 e. The highest BCUT2D eigenvalue weighted by molar-refractivity contribution is 5.73. The van der Waals surface area contributed by atoms with E-state index in [4.69, 9.17) is 9.47 Å². The molecule has 3 unspecified atom stereocenters. The van der Waals surface area contributed by atoms with E-state index in [9.17, 15) is 9.90 Å². The highest BCUT2D eigenvalue weighted by atomic mass is 16.5. The van der Waals surface area contributed by atoms with Crippen molar-refractivity contribution >= 4 is 5.97 Å². The lowest BCUT2D eigenvalue weighted by Gasteiger charge is -2.40. The molecule has 0 aromatic rings. The Balaban J connectivity index is 2.07. The van der Waals surface area contributed by atoms with E-state index < -0.39 is 12.0 Å². The molecule has 92 valence electrons. The topological polar surface area (TPSA) is 59.0 Å². The summed E-state index contributed by atoms with van der Waals surface area (Å²) in [5.74, 6) is -0.797. The summed E-state index contributed by atoms with van der Waals surface area (Å²) < 4.78 is 10.7. The van der Waals surface area contributed by atoms with Crippen molar-refractivity contribution in [3.8, 4) is 0 Å². The third-order valence-electron chi connectivity index (χ3n) is 3.54. The number of hydrogen-bond acceptors (Lipinski definition) is 4. The molecule has 5 nitrogen and oxygen atoms in total. The number of methoxy groups -OCH3 is 1. The van der Waals surface area contributed by atoms with E-state index in [0.717, 1.165) is 19.3 Å². The number of carbonyl (C=O) groups is 1. The molecule has 0 spiro atoms. The van der Waals surface area contributed by atoms with Crippen LogP contribution < -0.4 is 0 Å². The maximum atomic E-state index is 11.2. The molecule has 0 aromatic carbocycles. The normalized spacial score (nSPS) is 32.3. The van der Waals surface area contributed by atoms with Gasteiger partial charge in [0.2, 0.25) is 0 Å². The minimum atomic E-state index is -0.797. The monoisotopic (exact) mass is 229 g/mol. The maximum Gasteiger partial charge on any atom is 0.323 e. The van der Waals surface area contributed by atoms with Crippen LogP contribution in [0.1, 0.15) is 19.3 Å². The van der Waals surface area contributed by atoms with Gasteiger partial charge in [-0.3, -0.25) is 9.69 Å². The number of rotatable bonds is 4. The molecule has 1 heterocycles. The first-order valence-electron chi connectivity index (χ1n) is 5.83. The third kappa shape index (κ3) is 2.21. The molecule has 0 amide bonds. The Hall–Kier alpha value is -0.650. The van der Waals surface area contributed by atoms with Crippen molar-refractivity contribution in [1.82, 2.24) is 4.90 Å². The fraction of sp³-hybridized carbons (Fsp3) is 0.909. The summed E-state index contributed by atoms with van der Waals surface area (Å²) in [6, 6.07) is -0.260. The lowest BCUT2D eigenvalue weighted by molar-refractivity contribution is -0.152. The molecule has 0 radical (unpaired) electrons. The van der Waals surface area contributed by atoms with Gasteiger partial charge in [-0.05, 0) is 19.3 Å². The zero-order valence-electron chi connectivity index (χ0n) is 9.59. The Morgan fingerprint density at radius 2 is 2.44 bits per heavy atom. The van der Waals surface area contributed by atoms with Gasteiger partial charge in [-0.15, -0.1) is 0 Å². The van der Waals surface area contributed by atoms with Gasteiger partial charge in [0.15, 0.2) is 0 Å². The second kappa shape index (κ2) is 5.12. The molecule has 2 rings (SSSR count). The molecule has 1 aliphatic heterocycles. The van der Waals surface area contributed by atoms with Crippen molar-refractivity contribution in [2.75, 3.05) is 26.9 Å². The maximum absolute atomic E-state index is 11.2. The van der Waals surface area contributed by atoms with Gasteiger partial charge in [0, 0.05) is 19.7 Å². The molecule has 5 heteroatoms. The van der Waals surface area contributed by atoms with Crippen LogP contribution in [-0.4, -0.2) is 61.0 Å². The summed E-state index contributed by atoms with van der Waals surface area (Å²) in [7, 11) is 1.54. The number of fused-ring (bicyclic) bond motifs is 1. The first kappa shape index (κ1) is 11.8. The number of carboxylic acids is 1. The average molecular weight is 229 g/mol. The van der Waals surface area contributed by atoms with Gasteiger partial charge in [0.05, 0.1) is 19.3 Å². The van der Waals surface area contributed by atoms with Crippen LogP contribution in [0, 0.1) is 0 Å². The predicted octanol–water partition coefficient (Wildman–Crippen LogP) is 0.339. The van der Waals surface area contributed by atoms with Crippen molar-refractivity contribution in [1.29, 1.82) is 0 Å². The molecule has 16 heavy (non-hydrogen) atoms. The Morgan fingerprint density at radius 3 is 3.12 bits per heavy atom. The van der Waals surface area contributed by atoms with Gasteiger partial charge in [-0.2, -0.15) is 0 Å². The molecule has 0 aromatic heterocycles. The van der Waals surface area contributed by atoms with Crippen LogP contribution in [0.3, 0.4) is 0 Å². The molecule has 2 fully saturated rings. The largest absolute Gasteiger partial charge is 0.480 e. The number of aliphatic carboxylic acids is 1. The molecule has 1 aliphatic carbocycles. The Kier molecular flexibility index (Phi) is 3.78. The van der Waals surface area contributed by atoms with E-state index in [2.05, 4.69) is 0 Å². The molecule has 1 N–H and O–H groups in total. The highest BCUT2D eigenvalue weighted by Gasteiger charge is 2.41. The molecule has 3 atom stereocenters. The fourth-order valence-corrected chi connectivity index (χ4v) is 2.81. The van der Waals surface area contributed by atoms with E-state index in [1.54, 1.807) is 7.11 Å². The lowest BCUT2D eigenvalue weighted by atomic mass is 10.1. The summed E-state index contributed by atoms with van der Waals surface area (Å²) in [5.41, 5.74) is 0. The van der Waals surface area contributed by atoms with Crippen LogP contribution in [0.15, 0.2) is 0 Å². The molecular formula is C11H19NO4. The first-order chi connectivity index (χ1) is 7.74. The number of ether oxygens (including phenoxy) is 2. The van der Waals surface area contributed by atoms with Crippen LogP contribution in [0.2, 0.25) is 0 Å². The average Bonchev–Trinajstić information content (AvgIpc) is 2.73. The fourth-order valence-electron chi connectivity index (χ4n) is 2.81. The quantitative estimate of drug-likeness (QED) is 0.753. The zero-order chi connectivity index (χ0) is 11.5. The van der Waals surface area contributed by atoms with Gasteiger partial charge in [0.1, 0.15) is 6.04 Å². The minimum Gasteiger partial charge on any atom is -0.480 e. The van der Waals surface area contributed by atoms with Crippen LogP contribution in [0.4, 0.5) is 0 Å². The van der Waals surface area contributed by atoms with E-state index in [1.165, 1.54) is 0 Å². The Bertz CT molecular complexity index is 258. The third-order valence-corrected chi connectivity index (χ3v) is 3.54. The van der Waals surface area contributed by atoms with E-state index in [0.29, 0.717) is 13.2 Å². The van der Waals surface area contributed by atoms with Crippen LogP contribution in [-0.2, 0) is 14.3 Å². The van der Waals surface area contributed by atoms with Crippen LogP contribution in [0.25, 0.3) is 0 Å². The van der Waals surface area contributed by atoms with Crippen molar-refractivity contribution < 1.29 is 19.4 Å². The lowest BCUT2D eigenvalue weighted by Crippen LogP contribution is -2.56. The van der Waals surface area contributed by atoms with Gasteiger partial charge in [-0.25, -0.2) is 0 Å². The SMILES string of the molecule is COCC(C(=O)O)N1CCOC2CCCC21. The minimum absolute atomic E-state index is 0.229. The van der Waals surface area contributed by atoms with Crippen molar-refractivity contribution in [2.24, 2.45) is 0 Å². The zero-order valence-corrected chi connectivity index (χ0v) is 9.59. The van der Waals surface area contributed by atoms with Crippen LogP contribution >= 0.6 is 0 Å². The summed E-state index contributed by atoms with van der Waals surface area (Å²) in [6.45, 7) is 1.58. The summed E-state index contributed by atoms with van der Waals surface area (Å²) in [6.07, 6.45) is 3.46.